The fourth-order valence-corrected chi connectivity index (χ4v) is 3.15. The Morgan fingerprint density at radius 2 is 2.17 bits per heavy atom. The second-order valence-electron chi connectivity index (χ2n) is 5.69. The molecule has 1 amide bonds. The lowest BCUT2D eigenvalue weighted by Gasteiger charge is -2.22. The summed E-state index contributed by atoms with van der Waals surface area (Å²) in [4.78, 5) is 12.1. The molecule has 0 aliphatic carbocycles. The van der Waals surface area contributed by atoms with Crippen molar-refractivity contribution in [2.24, 2.45) is 5.92 Å². The van der Waals surface area contributed by atoms with Gasteiger partial charge in [-0.3, -0.25) is 4.79 Å². The van der Waals surface area contributed by atoms with Crippen LogP contribution in [0, 0.1) is 5.92 Å². The van der Waals surface area contributed by atoms with E-state index < -0.39 is 0 Å². The molecule has 1 atom stereocenters. The zero-order chi connectivity index (χ0) is 15.4. The van der Waals surface area contributed by atoms with E-state index >= 15 is 0 Å². The molecule has 1 saturated heterocycles. The molecule has 0 saturated carbocycles. The first-order chi connectivity index (χ1) is 10.7. The number of ether oxygens (including phenoxy) is 2. The first kappa shape index (κ1) is 18.2. The normalized spacial score (nSPS) is 19.6. The standard InChI is InChI=1S/C16H21ClN2O3.ClH/c17-13-8-11(9-14-15(13)22-7-6-21-14)3-5-19-16(20)12-2-1-4-18-10-12;/h8-9,12,18H,1-7,10H2,(H,19,20);1H. The monoisotopic (exact) mass is 360 g/mol. The van der Waals surface area contributed by atoms with Gasteiger partial charge >= 0.3 is 0 Å². The summed E-state index contributed by atoms with van der Waals surface area (Å²) in [6.07, 6.45) is 2.76. The van der Waals surface area contributed by atoms with E-state index in [1.807, 2.05) is 12.1 Å². The van der Waals surface area contributed by atoms with E-state index in [2.05, 4.69) is 10.6 Å². The summed E-state index contributed by atoms with van der Waals surface area (Å²) in [7, 11) is 0. The largest absolute Gasteiger partial charge is 0.486 e. The van der Waals surface area contributed by atoms with Gasteiger partial charge in [0.1, 0.15) is 13.2 Å². The Labute approximate surface area is 147 Å². The molecule has 2 aliphatic rings. The van der Waals surface area contributed by atoms with Crippen LogP contribution in [0.2, 0.25) is 5.02 Å². The topological polar surface area (TPSA) is 59.6 Å². The lowest BCUT2D eigenvalue weighted by molar-refractivity contribution is -0.125. The average Bonchev–Trinajstić information content (AvgIpc) is 2.56. The molecule has 0 aromatic heterocycles. The van der Waals surface area contributed by atoms with Crippen LogP contribution in [0.15, 0.2) is 12.1 Å². The number of nitrogens with one attached hydrogen (secondary N) is 2. The summed E-state index contributed by atoms with van der Waals surface area (Å²) in [5.74, 6) is 1.54. The number of hydrogen-bond acceptors (Lipinski definition) is 4. The smallest absolute Gasteiger partial charge is 0.224 e. The molecule has 128 valence electrons. The number of piperidine rings is 1. The molecule has 0 bridgehead atoms. The van der Waals surface area contributed by atoms with Crippen LogP contribution in [-0.2, 0) is 11.2 Å². The molecular formula is C16H22Cl2N2O3. The van der Waals surface area contributed by atoms with Crippen molar-refractivity contribution in [1.29, 1.82) is 0 Å². The number of halogens is 2. The minimum Gasteiger partial charge on any atom is -0.486 e. The predicted molar refractivity (Wildman–Crippen MR) is 92.0 cm³/mol. The number of amides is 1. The van der Waals surface area contributed by atoms with Gasteiger partial charge in [0.15, 0.2) is 11.5 Å². The summed E-state index contributed by atoms with van der Waals surface area (Å²) in [6, 6.07) is 3.82. The SMILES string of the molecule is Cl.O=C(NCCc1cc(Cl)c2c(c1)OCCO2)C1CCCNC1. The summed E-state index contributed by atoms with van der Waals surface area (Å²) < 4.78 is 11.1. The van der Waals surface area contributed by atoms with Gasteiger partial charge in [0.25, 0.3) is 0 Å². The van der Waals surface area contributed by atoms with Crippen molar-refractivity contribution in [3.05, 3.63) is 22.7 Å². The van der Waals surface area contributed by atoms with Gasteiger partial charge in [-0.25, -0.2) is 0 Å². The van der Waals surface area contributed by atoms with Gasteiger partial charge in [0, 0.05) is 13.1 Å². The number of carbonyl (C=O) groups excluding carboxylic acids is 1. The maximum Gasteiger partial charge on any atom is 0.224 e. The van der Waals surface area contributed by atoms with Gasteiger partial charge in [-0.15, -0.1) is 12.4 Å². The minimum absolute atomic E-state index is 0. The molecule has 0 spiro atoms. The fourth-order valence-electron chi connectivity index (χ4n) is 2.86. The van der Waals surface area contributed by atoms with E-state index in [1.165, 1.54) is 0 Å². The van der Waals surface area contributed by atoms with Crippen molar-refractivity contribution in [2.75, 3.05) is 32.8 Å². The van der Waals surface area contributed by atoms with Crippen LogP contribution in [-0.4, -0.2) is 38.8 Å². The third-order valence-electron chi connectivity index (χ3n) is 4.04. The quantitative estimate of drug-likeness (QED) is 0.863. The van der Waals surface area contributed by atoms with Gasteiger partial charge in [0.05, 0.1) is 10.9 Å². The molecule has 7 heteroatoms. The van der Waals surface area contributed by atoms with E-state index in [0.717, 1.165) is 37.9 Å². The Bertz CT molecular complexity index is 548. The van der Waals surface area contributed by atoms with Gasteiger partial charge < -0.3 is 20.1 Å². The van der Waals surface area contributed by atoms with Crippen LogP contribution in [0.1, 0.15) is 18.4 Å². The second-order valence-corrected chi connectivity index (χ2v) is 6.09. The highest BCUT2D eigenvalue weighted by molar-refractivity contribution is 6.32. The lowest BCUT2D eigenvalue weighted by Crippen LogP contribution is -2.41. The molecule has 1 fully saturated rings. The van der Waals surface area contributed by atoms with E-state index in [1.54, 1.807) is 0 Å². The zero-order valence-electron chi connectivity index (χ0n) is 12.9. The van der Waals surface area contributed by atoms with E-state index in [0.29, 0.717) is 36.3 Å². The molecule has 0 radical (unpaired) electrons. The molecule has 23 heavy (non-hydrogen) atoms. The van der Waals surface area contributed by atoms with Gasteiger partial charge in [-0.05, 0) is 43.5 Å². The molecular weight excluding hydrogens is 339 g/mol. The molecule has 2 N–H and O–H groups in total. The first-order valence-electron chi connectivity index (χ1n) is 7.80. The van der Waals surface area contributed by atoms with Crippen LogP contribution in [0.3, 0.4) is 0 Å². The Morgan fingerprint density at radius 1 is 1.35 bits per heavy atom. The van der Waals surface area contributed by atoms with Crippen LogP contribution in [0.25, 0.3) is 0 Å². The van der Waals surface area contributed by atoms with E-state index in [4.69, 9.17) is 21.1 Å². The number of rotatable bonds is 4. The van der Waals surface area contributed by atoms with Gasteiger partial charge in [-0.1, -0.05) is 11.6 Å². The summed E-state index contributed by atoms with van der Waals surface area (Å²) >= 11 is 6.21. The maximum absolute atomic E-state index is 12.1. The fraction of sp³-hybridized carbons (Fsp3) is 0.562. The van der Waals surface area contributed by atoms with Crippen molar-refractivity contribution in [3.63, 3.8) is 0 Å². The molecule has 1 aromatic carbocycles. The van der Waals surface area contributed by atoms with Crippen molar-refractivity contribution < 1.29 is 14.3 Å². The Kier molecular flexibility index (Phi) is 6.81. The first-order valence-corrected chi connectivity index (χ1v) is 8.18. The van der Waals surface area contributed by atoms with Crippen LogP contribution in [0.5, 0.6) is 11.5 Å². The molecule has 1 unspecified atom stereocenters. The highest BCUT2D eigenvalue weighted by Gasteiger charge is 2.20. The third kappa shape index (κ3) is 4.66. The summed E-state index contributed by atoms with van der Waals surface area (Å²) in [5, 5.41) is 6.83. The summed E-state index contributed by atoms with van der Waals surface area (Å²) in [6.45, 7) is 3.46. The number of fused-ring (bicyclic) bond motifs is 1. The Hall–Kier alpha value is -1.17. The van der Waals surface area contributed by atoms with Crippen LogP contribution < -0.4 is 20.1 Å². The molecule has 1 aromatic rings. The lowest BCUT2D eigenvalue weighted by atomic mass is 9.99. The highest BCUT2D eigenvalue weighted by Crippen LogP contribution is 2.38. The number of benzene rings is 1. The minimum atomic E-state index is 0. The maximum atomic E-state index is 12.1. The van der Waals surface area contributed by atoms with E-state index in [9.17, 15) is 4.79 Å². The Balaban J connectivity index is 0.00000192. The van der Waals surface area contributed by atoms with Gasteiger partial charge in [-0.2, -0.15) is 0 Å². The molecule has 2 aliphatic heterocycles. The number of carbonyl (C=O) groups is 1. The van der Waals surface area contributed by atoms with Crippen molar-refractivity contribution >= 4 is 29.9 Å². The number of hydrogen-bond donors (Lipinski definition) is 2. The van der Waals surface area contributed by atoms with Crippen molar-refractivity contribution in [3.8, 4) is 11.5 Å². The summed E-state index contributed by atoms with van der Waals surface area (Å²) in [5.41, 5.74) is 1.04. The highest BCUT2D eigenvalue weighted by atomic mass is 35.5. The Morgan fingerprint density at radius 3 is 2.96 bits per heavy atom. The molecule has 3 rings (SSSR count). The van der Waals surface area contributed by atoms with E-state index in [-0.39, 0.29) is 24.2 Å². The third-order valence-corrected chi connectivity index (χ3v) is 4.32. The average molecular weight is 361 g/mol. The second kappa shape index (κ2) is 8.62. The van der Waals surface area contributed by atoms with Crippen molar-refractivity contribution in [2.45, 2.75) is 19.3 Å². The van der Waals surface area contributed by atoms with Gasteiger partial charge in [0.2, 0.25) is 5.91 Å². The van der Waals surface area contributed by atoms with Crippen molar-refractivity contribution in [1.82, 2.24) is 10.6 Å². The zero-order valence-corrected chi connectivity index (χ0v) is 14.5. The van der Waals surface area contributed by atoms with Crippen LogP contribution in [0.4, 0.5) is 0 Å². The predicted octanol–water partition coefficient (Wildman–Crippen LogP) is 2.19. The molecule has 2 heterocycles. The molecule has 5 nitrogen and oxygen atoms in total. The van der Waals surface area contributed by atoms with Crippen LogP contribution >= 0.6 is 24.0 Å².